The highest BCUT2D eigenvalue weighted by atomic mass is 16.5. The zero-order chi connectivity index (χ0) is 6.24. The van der Waals surface area contributed by atoms with E-state index in [1.54, 1.807) is 14.6 Å². The average molecular weight is 115 g/mol. The van der Waals surface area contributed by atoms with Crippen molar-refractivity contribution < 1.29 is 9.39 Å². The van der Waals surface area contributed by atoms with Gasteiger partial charge in [0.2, 0.25) is 0 Å². The Labute approximate surface area is 51.4 Å². The fourth-order valence-electron chi connectivity index (χ4n) is 0.404. The minimum Gasteiger partial charge on any atom is -0.441 e. The van der Waals surface area contributed by atoms with Gasteiger partial charge in [-0.15, -0.1) is 0 Å². The van der Waals surface area contributed by atoms with E-state index in [4.69, 9.17) is 9.39 Å². The van der Waals surface area contributed by atoms with E-state index in [1.165, 1.54) is 0 Å². The Hall–Kier alpha value is -0.0151. The summed E-state index contributed by atoms with van der Waals surface area (Å²) in [6.45, 7) is 3.42. The van der Waals surface area contributed by atoms with Gasteiger partial charge >= 0.3 is 0 Å². The van der Waals surface area contributed by atoms with Crippen LogP contribution in [0.4, 0.5) is 0 Å². The lowest BCUT2D eigenvalue weighted by Crippen LogP contribution is -1.99. The summed E-state index contributed by atoms with van der Waals surface area (Å²) in [5.41, 5.74) is 0. The van der Waals surface area contributed by atoms with Crippen molar-refractivity contribution >= 4 is 7.48 Å². The molecule has 2 nitrogen and oxygen atoms in total. The van der Waals surface area contributed by atoms with Crippen LogP contribution < -0.4 is 0 Å². The van der Waals surface area contributed by atoms with Crippen molar-refractivity contribution in [3.63, 3.8) is 0 Å². The molecule has 0 saturated carbocycles. The first kappa shape index (κ1) is 7.98. The first-order valence-electron chi connectivity index (χ1n) is 2.80. The third-order valence-electron chi connectivity index (χ3n) is 0.777. The van der Waals surface area contributed by atoms with Gasteiger partial charge in [-0.2, -0.15) is 0 Å². The fraction of sp³-hybridized carbons (Fsp3) is 1.00. The van der Waals surface area contributed by atoms with Gasteiger partial charge in [0.1, 0.15) is 0 Å². The Morgan fingerprint density at radius 2 is 2.12 bits per heavy atom. The molecule has 0 unspecified atom stereocenters. The molecule has 0 spiro atoms. The minimum absolute atomic E-state index is 0.768. The van der Waals surface area contributed by atoms with Crippen molar-refractivity contribution in [3.8, 4) is 0 Å². The molecule has 0 bridgehead atoms. The van der Waals surface area contributed by atoms with Gasteiger partial charge in [0.25, 0.3) is 7.48 Å². The highest BCUT2D eigenvalue weighted by Crippen LogP contribution is 1.80. The van der Waals surface area contributed by atoms with Gasteiger partial charge in [0.15, 0.2) is 0 Å². The largest absolute Gasteiger partial charge is 0.441 e. The summed E-state index contributed by atoms with van der Waals surface area (Å²) in [6, 6.07) is 0. The Balaban J connectivity index is 2.53. The van der Waals surface area contributed by atoms with Crippen LogP contribution in [-0.4, -0.2) is 27.8 Å². The molecular formula is C5H12BO2. The van der Waals surface area contributed by atoms with Crippen molar-refractivity contribution in [2.24, 2.45) is 0 Å². The number of methoxy groups -OCH3 is 1. The molecule has 0 aliphatic carbocycles. The molecule has 0 atom stereocenters. The molecular weight excluding hydrogens is 103 g/mol. The van der Waals surface area contributed by atoms with Gasteiger partial charge in [0.05, 0.1) is 0 Å². The highest BCUT2D eigenvalue weighted by molar-refractivity contribution is 6.24. The molecule has 0 amide bonds. The maximum absolute atomic E-state index is 4.93. The van der Waals surface area contributed by atoms with Gasteiger partial charge in [-0.25, -0.2) is 0 Å². The van der Waals surface area contributed by atoms with Crippen LogP contribution in [0.2, 0.25) is 6.82 Å². The van der Waals surface area contributed by atoms with Gasteiger partial charge in [0, 0.05) is 20.3 Å². The number of ether oxygens (including phenoxy) is 1. The zero-order valence-corrected chi connectivity index (χ0v) is 5.52. The predicted molar refractivity (Wildman–Crippen MR) is 34.1 cm³/mol. The van der Waals surface area contributed by atoms with Crippen LogP contribution in [0.25, 0.3) is 0 Å². The molecule has 0 saturated heterocycles. The fourth-order valence-corrected chi connectivity index (χ4v) is 0.404. The maximum atomic E-state index is 4.93. The van der Waals surface area contributed by atoms with Crippen LogP contribution in [0.3, 0.4) is 0 Å². The predicted octanol–water partition coefficient (Wildman–Crippen LogP) is 0.707. The first-order chi connectivity index (χ1) is 3.91. The lowest BCUT2D eigenvalue weighted by Gasteiger charge is -1.97. The SMILES string of the molecule is C[B]OCCCOC. The molecule has 8 heavy (non-hydrogen) atoms. The second kappa shape index (κ2) is 6.98. The van der Waals surface area contributed by atoms with Gasteiger partial charge in [-0.05, 0) is 6.42 Å². The van der Waals surface area contributed by atoms with Crippen molar-refractivity contribution in [2.75, 3.05) is 20.3 Å². The quantitative estimate of drug-likeness (QED) is 0.388. The summed E-state index contributed by atoms with van der Waals surface area (Å²) < 4.78 is 9.73. The molecule has 1 radical (unpaired) electrons. The van der Waals surface area contributed by atoms with Crippen LogP contribution in [0.5, 0.6) is 0 Å². The lowest BCUT2D eigenvalue weighted by atomic mass is 10.1. The Kier molecular flexibility index (Phi) is 6.97. The van der Waals surface area contributed by atoms with Crippen LogP contribution in [0, 0.1) is 0 Å². The first-order valence-corrected chi connectivity index (χ1v) is 2.80. The van der Waals surface area contributed by atoms with Crippen molar-refractivity contribution in [1.29, 1.82) is 0 Å². The number of hydrogen-bond acceptors (Lipinski definition) is 2. The molecule has 0 aliphatic rings. The van der Waals surface area contributed by atoms with Gasteiger partial charge in [-0.1, -0.05) is 6.82 Å². The topological polar surface area (TPSA) is 18.5 Å². The van der Waals surface area contributed by atoms with Crippen LogP contribution in [0.15, 0.2) is 0 Å². The molecule has 0 rings (SSSR count). The zero-order valence-electron chi connectivity index (χ0n) is 5.52. The van der Waals surface area contributed by atoms with Crippen molar-refractivity contribution in [1.82, 2.24) is 0 Å². The van der Waals surface area contributed by atoms with Crippen molar-refractivity contribution in [2.45, 2.75) is 13.2 Å². The van der Waals surface area contributed by atoms with Gasteiger partial charge in [-0.3, -0.25) is 0 Å². The maximum Gasteiger partial charge on any atom is 0.288 e. The smallest absolute Gasteiger partial charge is 0.288 e. The molecule has 0 N–H and O–H groups in total. The summed E-state index contributed by atoms with van der Waals surface area (Å²) in [6.07, 6.45) is 0.973. The van der Waals surface area contributed by atoms with E-state index in [2.05, 4.69) is 0 Å². The van der Waals surface area contributed by atoms with Crippen LogP contribution >= 0.6 is 0 Å². The summed E-state index contributed by atoms with van der Waals surface area (Å²) in [7, 11) is 3.38. The molecule has 0 heterocycles. The van der Waals surface area contributed by atoms with Crippen LogP contribution in [-0.2, 0) is 9.39 Å². The minimum atomic E-state index is 0.768. The summed E-state index contributed by atoms with van der Waals surface area (Å²) >= 11 is 0. The van der Waals surface area contributed by atoms with E-state index in [9.17, 15) is 0 Å². The molecule has 0 aliphatic heterocycles. The Morgan fingerprint density at radius 3 is 2.62 bits per heavy atom. The second-order valence-corrected chi connectivity index (χ2v) is 1.45. The third kappa shape index (κ3) is 5.98. The lowest BCUT2D eigenvalue weighted by molar-refractivity contribution is 0.174. The van der Waals surface area contributed by atoms with E-state index in [0.29, 0.717) is 0 Å². The number of rotatable bonds is 5. The van der Waals surface area contributed by atoms with E-state index in [1.807, 2.05) is 6.82 Å². The van der Waals surface area contributed by atoms with E-state index in [-0.39, 0.29) is 0 Å². The highest BCUT2D eigenvalue weighted by Gasteiger charge is 1.83. The second-order valence-electron chi connectivity index (χ2n) is 1.45. The van der Waals surface area contributed by atoms with Crippen LogP contribution in [0.1, 0.15) is 6.42 Å². The third-order valence-corrected chi connectivity index (χ3v) is 0.777. The monoisotopic (exact) mass is 115 g/mol. The molecule has 0 aromatic carbocycles. The summed E-state index contributed by atoms with van der Waals surface area (Å²) in [5, 5.41) is 0. The molecule has 0 fully saturated rings. The molecule has 0 aromatic rings. The molecule has 47 valence electrons. The summed E-state index contributed by atoms with van der Waals surface area (Å²) in [5.74, 6) is 0. The normalized spacial score (nSPS) is 9.25. The molecule has 0 aromatic heterocycles. The summed E-state index contributed by atoms with van der Waals surface area (Å²) in [4.78, 5) is 0. The van der Waals surface area contributed by atoms with Gasteiger partial charge < -0.3 is 9.39 Å². The van der Waals surface area contributed by atoms with E-state index in [0.717, 1.165) is 19.6 Å². The standard InChI is InChI=1S/C5H12BO2/c1-6-8-5-3-4-7-2/h3-5H2,1-2H3. The Morgan fingerprint density at radius 1 is 1.38 bits per heavy atom. The number of hydrogen-bond donors (Lipinski definition) is 0. The van der Waals surface area contributed by atoms with E-state index >= 15 is 0 Å². The van der Waals surface area contributed by atoms with Crippen molar-refractivity contribution in [3.05, 3.63) is 0 Å². The Bertz CT molecular complexity index is 35.4. The molecule has 3 heteroatoms. The average Bonchev–Trinajstić information content (AvgIpc) is 1.81. The van der Waals surface area contributed by atoms with E-state index < -0.39 is 0 Å².